The van der Waals surface area contributed by atoms with Crippen LogP contribution in [0, 0.1) is 19.3 Å². The van der Waals surface area contributed by atoms with E-state index in [-0.39, 0.29) is 17.9 Å². The van der Waals surface area contributed by atoms with Gasteiger partial charge in [-0.15, -0.1) is 23.2 Å². The maximum atomic E-state index is 10.2. The standard InChI is InChI=1S/C15H20Cl2N2O2/c1-10-3-4-11(2)19(10)14-5-6-15(9-18-14,12(20)7-16)13(21)8-17/h3-6,9,12-14,20-21H,7-8H2,1-2H3/t12?,13?,14-,15?/m0/s1. The first-order chi connectivity index (χ1) is 9.96. The number of nitrogens with zero attached hydrogens (tertiary/aromatic N) is 2. The average molecular weight is 331 g/mol. The van der Waals surface area contributed by atoms with Gasteiger partial charge in [0, 0.05) is 29.4 Å². The third-order valence-electron chi connectivity index (χ3n) is 4.04. The predicted molar refractivity (Wildman–Crippen MR) is 86.5 cm³/mol. The summed E-state index contributed by atoms with van der Waals surface area (Å²) in [5.74, 6) is -0.00684. The van der Waals surface area contributed by atoms with Gasteiger partial charge in [0.05, 0.1) is 17.6 Å². The molecule has 0 bridgehead atoms. The molecule has 1 aromatic rings. The highest BCUT2D eigenvalue weighted by Gasteiger charge is 2.42. The van der Waals surface area contributed by atoms with Crippen molar-refractivity contribution < 1.29 is 10.2 Å². The second-order valence-corrected chi connectivity index (χ2v) is 5.99. The summed E-state index contributed by atoms with van der Waals surface area (Å²) in [7, 11) is 0. The van der Waals surface area contributed by atoms with E-state index in [1.54, 1.807) is 12.3 Å². The van der Waals surface area contributed by atoms with Gasteiger partial charge in [-0.3, -0.25) is 4.99 Å². The Kier molecular flexibility index (Phi) is 5.15. The molecule has 21 heavy (non-hydrogen) atoms. The number of hydrogen-bond acceptors (Lipinski definition) is 3. The lowest BCUT2D eigenvalue weighted by Crippen LogP contribution is -2.48. The van der Waals surface area contributed by atoms with Gasteiger partial charge >= 0.3 is 0 Å². The van der Waals surface area contributed by atoms with E-state index in [1.807, 2.05) is 32.1 Å². The van der Waals surface area contributed by atoms with Crippen LogP contribution in [0.2, 0.25) is 0 Å². The third kappa shape index (κ3) is 2.90. The Hall–Kier alpha value is -0.810. The minimum absolute atomic E-state index is 0.00342. The molecule has 0 spiro atoms. The van der Waals surface area contributed by atoms with Gasteiger partial charge in [-0.2, -0.15) is 0 Å². The number of halogens is 2. The first-order valence-electron chi connectivity index (χ1n) is 6.82. The summed E-state index contributed by atoms with van der Waals surface area (Å²) in [6, 6.07) is 4.06. The molecule has 116 valence electrons. The number of aromatic nitrogens is 1. The van der Waals surface area contributed by atoms with E-state index in [0.29, 0.717) is 0 Å². The van der Waals surface area contributed by atoms with Crippen molar-refractivity contribution in [3.63, 3.8) is 0 Å². The number of aliphatic hydroxyl groups excluding tert-OH is 2. The van der Waals surface area contributed by atoms with Gasteiger partial charge in [-0.25, -0.2) is 0 Å². The molecule has 0 radical (unpaired) electrons. The monoisotopic (exact) mass is 330 g/mol. The van der Waals surface area contributed by atoms with Crippen LogP contribution in [0.5, 0.6) is 0 Å². The molecule has 0 amide bonds. The summed E-state index contributed by atoms with van der Waals surface area (Å²) in [4.78, 5) is 4.50. The van der Waals surface area contributed by atoms with Crippen molar-refractivity contribution >= 4 is 29.4 Å². The molecule has 6 heteroatoms. The van der Waals surface area contributed by atoms with Gasteiger partial charge in [-0.05, 0) is 32.1 Å². The molecule has 2 N–H and O–H groups in total. The molecule has 2 heterocycles. The average Bonchev–Trinajstić information content (AvgIpc) is 2.84. The lowest BCUT2D eigenvalue weighted by atomic mass is 9.77. The van der Waals surface area contributed by atoms with Crippen LogP contribution in [0.15, 0.2) is 29.3 Å². The number of dihydropyridines is 1. The minimum Gasteiger partial charge on any atom is -0.390 e. The van der Waals surface area contributed by atoms with E-state index in [4.69, 9.17) is 23.2 Å². The third-order valence-corrected chi connectivity index (χ3v) is 4.63. The molecular weight excluding hydrogens is 311 g/mol. The van der Waals surface area contributed by atoms with E-state index in [2.05, 4.69) is 9.56 Å². The fourth-order valence-corrected chi connectivity index (χ4v) is 3.22. The van der Waals surface area contributed by atoms with Crippen LogP contribution in [0.25, 0.3) is 0 Å². The molecule has 0 saturated heterocycles. The SMILES string of the molecule is Cc1ccc(C)n1[C@H]1C=CC(C(O)CCl)(C(O)CCl)C=N1. The molecule has 3 atom stereocenters. The van der Waals surface area contributed by atoms with Crippen LogP contribution in [-0.4, -0.2) is 45.0 Å². The van der Waals surface area contributed by atoms with Crippen molar-refractivity contribution in [2.75, 3.05) is 11.8 Å². The van der Waals surface area contributed by atoms with E-state index < -0.39 is 17.6 Å². The molecule has 2 rings (SSSR count). The van der Waals surface area contributed by atoms with Gasteiger partial charge in [0.1, 0.15) is 6.17 Å². The topological polar surface area (TPSA) is 57.8 Å². The van der Waals surface area contributed by atoms with E-state index in [9.17, 15) is 10.2 Å². The van der Waals surface area contributed by atoms with Gasteiger partial charge in [-0.1, -0.05) is 6.08 Å². The van der Waals surface area contributed by atoms with Crippen molar-refractivity contribution in [1.29, 1.82) is 0 Å². The molecule has 1 aromatic heterocycles. The Bertz CT molecular complexity index is 508. The number of rotatable bonds is 5. The quantitative estimate of drug-likeness (QED) is 0.643. The first kappa shape index (κ1) is 16.6. The molecule has 1 aliphatic rings. The Labute approximate surface area is 134 Å². The zero-order valence-corrected chi connectivity index (χ0v) is 13.6. The summed E-state index contributed by atoms with van der Waals surface area (Å²) >= 11 is 11.5. The fraction of sp³-hybridized carbons (Fsp3) is 0.533. The van der Waals surface area contributed by atoms with Crippen LogP contribution in [0.1, 0.15) is 17.6 Å². The molecule has 0 saturated carbocycles. The maximum Gasteiger partial charge on any atom is 0.143 e. The van der Waals surface area contributed by atoms with Gasteiger partial charge in [0.25, 0.3) is 0 Å². The lowest BCUT2D eigenvalue weighted by Gasteiger charge is -2.37. The van der Waals surface area contributed by atoms with Crippen molar-refractivity contribution in [1.82, 2.24) is 4.57 Å². The Morgan fingerprint density at radius 2 is 1.71 bits per heavy atom. The number of hydrogen-bond donors (Lipinski definition) is 2. The maximum absolute atomic E-state index is 10.2. The van der Waals surface area contributed by atoms with Crippen molar-refractivity contribution in [3.05, 3.63) is 35.7 Å². The van der Waals surface area contributed by atoms with Gasteiger partial charge in [0.2, 0.25) is 0 Å². The predicted octanol–water partition coefficient (Wildman–Crippen LogP) is 2.43. The zero-order chi connectivity index (χ0) is 15.6. The van der Waals surface area contributed by atoms with Crippen LogP contribution in [0.3, 0.4) is 0 Å². The Morgan fingerprint density at radius 3 is 2.10 bits per heavy atom. The highest BCUT2D eigenvalue weighted by Crippen LogP contribution is 2.34. The normalized spacial score (nSPS) is 27.8. The number of alkyl halides is 2. The molecule has 0 aromatic carbocycles. The number of aryl methyl sites for hydroxylation is 2. The lowest BCUT2D eigenvalue weighted by molar-refractivity contribution is 0.0273. The summed E-state index contributed by atoms with van der Waals surface area (Å²) in [5, 5.41) is 20.3. The second-order valence-electron chi connectivity index (χ2n) is 5.38. The Balaban J connectivity index is 2.33. The first-order valence-corrected chi connectivity index (χ1v) is 7.89. The van der Waals surface area contributed by atoms with E-state index >= 15 is 0 Å². The molecular formula is C15H20Cl2N2O2. The van der Waals surface area contributed by atoms with E-state index in [1.165, 1.54) is 0 Å². The molecule has 1 aliphatic heterocycles. The van der Waals surface area contributed by atoms with Crippen LogP contribution in [0.4, 0.5) is 0 Å². The van der Waals surface area contributed by atoms with E-state index in [0.717, 1.165) is 11.4 Å². The van der Waals surface area contributed by atoms with Gasteiger partial charge in [0.15, 0.2) is 0 Å². The molecule has 4 nitrogen and oxygen atoms in total. The highest BCUT2D eigenvalue weighted by molar-refractivity contribution is 6.19. The molecule has 0 fully saturated rings. The number of aliphatic hydroxyl groups is 2. The van der Waals surface area contributed by atoms with Gasteiger partial charge < -0.3 is 14.8 Å². The summed E-state index contributed by atoms with van der Waals surface area (Å²) < 4.78 is 2.08. The summed E-state index contributed by atoms with van der Waals surface area (Å²) in [6.45, 7) is 4.03. The zero-order valence-electron chi connectivity index (χ0n) is 12.1. The van der Waals surface area contributed by atoms with Crippen molar-refractivity contribution in [3.8, 4) is 0 Å². The largest absolute Gasteiger partial charge is 0.390 e. The van der Waals surface area contributed by atoms with Crippen LogP contribution >= 0.6 is 23.2 Å². The van der Waals surface area contributed by atoms with Crippen LogP contribution in [-0.2, 0) is 0 Å². The second kappa shape index (κ2) is 6.53. The highest BCUT2D eigenvalue weighted by atomic mass is 35.5. The fourth-order valence-electron chi connectivity index (χ4n) is 2.68. The summed E-state index contributed by atoms with van der Waals surface area (Å²) in [5.41, 5.74) is 1.17. The Morgan fingerprint density at radius 1 is 1.19 bits per heavy atom. The van der Waals surface area contributed by atoms with Crippen LogP contribution < -0.4 is 0 Å². The minimum atomic E-state index is -1.03. The van der Waals surface area contributed by atoms with Crippen molar-refractivity contribution in [2.24, 2.45) is 10.4 Å². The summed E-state index contributed by atoms with van der Waals surface area (Å²) in [6.07, 6.45) is 3.14. The number of aliphatic imine (C=N–C) groups is 1. The molecule has 2 unspecified atom stereocenters. The smallest absolute Gasteiger partial charge is 0.143 e. The van der Waals surface area contributed by atoms with Crippen molar-refractivity contribution in [2.45, 2.75) is 32.2 Å². The molecule has 0 aliphatic carbocycles.